The minimum Gasteiger partial charge on any atom is -0.416 e. The summed E-state index contributed by atoms with van der Waals surface area (Å²) in [5.41, 5.74) is 0.287. The molecule has 0 aromatic carbocycles. The lowest BCUT2D eigenvalue weighted by atomic mass is 9.70. The average Bonchev–Trinajstić information content (AvgIpc) is 2.71. The van der Waals surface area contributed by atoms with Crippen molar-refractivity contribution in [2.45, 2.75) is 40.5 Å². The minimum absolute atomic E-state index is 0.0741. The molecule has 2 aliphatic carbocycles. The van der Waals surface area contributed by atoms with E-state index in [9.17, 15) is 0 Å². The maximum Gasteiger partial charge on any atom is 0.434 e. The molecular weight excluding hydrogens is 255 g/mol. The van der Waals surface area contributed by atoms with Crippen molar-refractivity contribution < 1.29 is 13.6 Å². The number of rotatable bonds is 2. The Labute approximate surface area is 108 Å². The second kappa shape index (κ2) is 3.28. The van der Waals surface area contributed by atoms with Crippen molar-refractivity contribution in [3.63, 3.8) is 0 Å². The van der Waals surface area contributed by atoms with Gasteiger partial charge in [0.05, 0.1) is 6.61 Å². The van der Waals surface area contributed by atoms with Crippen LogP contribution in [0.25, 0.3) is 0 Å². The highest BCUT2D eigenvalue weighted by atomic mass is 32.5. The van der Waals surface area contributed by atoms with E-state index in [1.54, 1.807) is 0 Å². The summed E-state index contributed by atoms with van der Waals surface area (Å²) in [7, 11) is 0. The molecule has 1 saturated carbocycles. The van der Waals surface area contributed by atoms with Crippen LogP contribution in [-0.4, -0.2) is 6.61 Å². The molecule has 3 nitrogen and oxygen atoms in total. The Balaban J connectivity index is 1.97. The normalized spacial score (nSPS) is 45.8. The van der Waals surface area contributed by atoms with Gasteiger partial charge in [0.25, 0.3) is 0 Å². The van der Waals surface area contributed by atoms with Gasteiger partial charge in [-0.15, -0.1) is 0 Å². The highest BCUT2D eigenvalue weighted by molar-refractivity contribution is 8.07. The van der Waals surface area contributed by atoms with Crippen molar-refractivity contribution in [2.24, 2.45) is 16.7 Å². The molecule has 0 spiro atoms. The van der Waals surface area contributed by atoms with Crippen molar-refractivity contribution in [2.75, 3.05) is 6.61 Å². The zero-order valence-corrected chi connectivity index (χ0v) is 12.5. The number of hydrogen-bond acceptors (Lipinski definition) is 4. The van der Waals surface area contributed by atoms with Crippen LogP contribution in [0.3, 0.4) is 0 Å². The van der Waals surface area contributed by atoms with Gasteiger partial charge in [0.1, 0.15) is 5.76 Å². The number of fused-ring (bicyclic) bond motifs is 4. The molecule has 3 rings (SSSR count). The Kier molecular flexibility index (Phi) is 2.32. The van der Waals surface area contributed by atoms with Crippen LogP contribution in [0.15, 0.2) is 11.5 Å². The van der Waals surface area contributed by atoms with Crippen LogP contribution in [0.2, 0.25) is 0 Å². The Hall–Kier alpha value is -0.0500. The van der Waals surface area contributed by atoms with E-state index in [-0.39, 0.29) is 10.8 Å². The van der Waals surface area contributed by atoms with Gasteiger partial charge in [0, 0.05) is 23.1 Å². The predicted octanol–water partition coefficient (Wildman–Crippen LogP) is 3.96. The summed E-state index contributed by atoms with van der Waals surface area (Å²) in [5.74, 6) is 2.45. The molecule has 0 amide bonds. The van der Waals surface area contributed by atoms with Crippen molar-refractivity contribution >= 4 is 18.5 Å². The average molecular weight is 274 g/mol. The quantitative estimate of drug-likeness (QED) is 0.712. The molecule has 1 fully saturated rings. The summed E-state index contributed by atoms with van der Waals surface area (Å²) < 4.78 is 17.4. The van der Waals surface area contributed by atoms with Crippen LogP contribution in [0.5, 0.6) is 0 Å². The zero-order valence-electron chi connectivity index (χ0n) is 10.8. The van der Waals surface area contributed by atoms with Crippen molar-refractivity contribution in [3.05, 3.63) is 11.5 Å². The lowest BCUT2D eigenvalue weighted by Crippen LogP contribution is -2.31. The summed E-state index contributed by atoms with van der Waals surface area (Å²) in [6.45, 7) is 6.83. The molecule has 1 aliphatic heterocycles. The smallest absolute Gasteiger partial charge is 0.416 e. The van der Waals surface area contributed by atoms with Crippen LogP contribution in [0, 0.1) is 16.7 Å². The van der Waals surface area contributed by atoms with Crippen LogP contribution < -0.4 is 0 Å². The fraction of sp³-hybridized carbons (Fsp3) is 0.833. The maximum absolute atomic E-state index is 5.95. The van der Waals surface area contributed by atoms with Crippen molar-refractivity contribution in [1.82, 2.24) is 0 Å². The molecule has 3 aliphatic rings. The summed E-state index contributed by atoms with van der Waals surface area (Å²) in [6.07, 6.45) is 2.33. The fourth-order valence-corrected chi connectivity index (χ4v) is 5.71. The van der Waals surface area contributed by atoms with Crippen molar-refractivity contribution in [3.8, 4) is 0 Å². The third kappa shape index (κ3) is 1.30. The lowest BCUT2D eigenvalue weighted by molar-refractivity contribution is 0.109. The molecule has 0 saturated heterocycles. The number of hydrogen-bond donors (Lipinski definition) is 0. The van der Waals surface area contributed by atoms with Gasteiger partial charge in [0.2, 0.25) is 0 Å². The van der Waals surface area contributed by atoms with E-state index in [1.165, 1.54) is 6.42 Å². The second-order valence-corrected chi connectivity index (χ2v) is 8.75. The largest absolute Gasteiger partial charge is 0.434 e. The summed E-state index contributed by atoms with van der Waals surface area (Å²) in [4.78, 5) is 0. The molecule has 0 aromatic heterocycles. The zero-order chi connectivity index (χ0) is 12.5. The van der Waals surface area contributed by atoms with Gasteiger partial charge < -0.3 is 9.05 Å². The van der Waals surface area contributed by atoms with Gasteiger partial charge in [-0.2, -0.15) is 0 Å². The Morgan fingerprint density at radius 1 is 1.41 bits per heavy atom. The summed E-state index contributed by atoms with van der Waals surface area (Å²) in [5, 5.41) is 0. The summed E-state index contributed by atoms with van der Waals surface area (Å²) >= 11 is 5.38. The van der Waals surface area contributed by atoms with Crippen LogP contribution in [0.4, 0.5) is 0 Å². The first-order valence-electron chi connectivity index (χ1n) is 6.22. The van der Waals surface area contributed by atoms with E-state index < -0.39 is 6.72 Å². The Morgan fingerprint density at radius 3 is 2.71 bits per heavy atom. The molecular formula is C12H19O3PS. The molecule has 0 radical (unpaired) electrons. The van der Waals surface area contributed by atoms with E-state index in [2.05, 4.69) is 20.8 Å². The topological polar surface area (TPSA) is 27.7 Å². The maximum atomic E-state index is 5.95. The first kappa shape index (κ1) is 12.0. The molecule has 5 heteroatoms. The lowest BCUT2D eigenvalue weighted by Gasteiger charge is -2.36. The highest BCUT2D eigenvalue weighted by Gasteiger charge is 2.66. The van der Waals surface area contributed by atoms with Gasteiger partial charge in [-0.1, -0.05) is 20.8 Å². The molecule has 17 heavy (non-hydrogen) atoms. The van der Waals surface area contributed by atoms with Crippen LogP contribution >= 0.6 is 6.72 Å². The van der Waals surface area contributed by atoms with Gasteiger partial charge in [0.15, 0.2) is 5.76 Å². The highest BCUT2D eigenvalue weighted by Crippen LogP contribution is 2.76. The van der Waals surface area contributed by atoms with Crippen LogP contribution in [-0.2, 0) is 25.4 Å². The molecule has 0 aromatic rings. The van der Waals surface area contributed by atoms with Crippen LogP contribution in [0.1, 0.15) is 40.5 Å². The molecule has 2 bridgehead atoms. The molecule has 96 valence electrons. The fourth-order valence-electron chi connectivity index (χ4n) is 3.51. The predicted molar refractivity (Wildman–Crippen MR) is 69.7 cm³/mol. The first-order chi connectivity index (χ1) is 7.84. The standard InChI is InChI=1S/C12H19O3PS/c1-5-13-16(17)14-9-8-6-7-12(4,10(9)15-16)11(8,2)3/h8H,5-7H2,1-4H3. The monoisotopic (exact) mass is 274 g/mol. The Bertz CT molecular complexity index is 457. The van der Waals surface area contributed by atoms with E-state index in [4.69, 9.17) is 25.4 Å². The van der Waals surface area contributed by atoms with E-state index in [1.807, 2.05) is 6.92 Å². The third-order valence-corrected chi connectivity index (χ3v) is 7.13. The molecule has 1 heterocycles. The van der Waals surface area contributed by atoms with Crippen molar-refractivity contribution in [1.29, 1.82) is 0 Å². The minimum atomic E-state index is -2.52. The first-order valence-corrected chi connectivity index (χ1v) is 8.78. The van der Waals surface area contributed by atoms with E-state index in [0.717, 1.165) is 17.9 Å². The van der Waals surface area contributed by atoms with Gasteiger partial charge in [-0.3, -0.25) is 4.52 Å². The third-order valence-electron chi connectivity index (χ3n) is 4.97. The van der Waals surface area contributed by atoms with Gasteiger partial charge >= 0.3 is 6.72 Å². The molecule has 0 N–H and O–H groups in total. The molecule has 3 atom stereocenters. The van der Waals surface area contributed by atoms with Gasteiger partial charge in [-0.25, -0.2) is 0 Å². The van der Waals surface area contributed by atoms with Gasteiger partial charge in [-0.05, 0) is 25.2 Å². The Morgan fingerprint density at radius 2 is 2.12 bits per heavy atom. The number of allylic oxidation sites excluding steroid dienone is 2. The van der Waals surface area contributed by atoms with E-state index in [0.29, 0.717) is 12.5 Å². The van der Waals surface area contributed by atoms with E-state index >= 15 is 0 Å². The second-order valence-electron chi connectivity index (χ2n) is 5.89. The SMILES string of the molecule is CCOP1(=S)OC2=C(O1)C1(C)CCC2C1(C)C. The molecule has 3 unspecified atom stereocenters. The summed E-state index contributed by atoms with van der Waals surface area (Å²) in [6, 6.07) is 0.